The number of nitrogens with zero attached hydrogens (tertiary/aromatic N) is 1. The SMILES string of the molecule is CCC1(C(=O)O)CCCN1Cc1cc(C)sc1C. The summed E-state index contributed by atoms with van der Waals surface area (Å²) in [7, 11) is 0. The quantitative estimate of drug-likeness (QED) is 0.910. The predicted octanol–water partition coefficient (Wildman–Crippen LogP) is 3.19. The minimum Gasteiger partial charge on any atom is -0.480 e. The Bertz CT molecular complexity index is 455. The monoisotopic (exact) mass is 267 g/mol. The summed E-state index contributed by atoms with van der Waals surface area (Å²) in [6.45, 7) is 7.88. The van der Waals surface area contributed by atoms with Gasteiger partial charge in [-0.2, -0.15) is 0 Å². The van der Waals surface area contributed by atoms with E-state index in [1.807, 2.05) is 6.92 Å². The molecule has 1 aromatic heterocycles. The molecule has 0 bridgehead atoms. The first-order valence-electron chi connectivity index (χ1n) is 6.54. The molecule has 0 radical (unpaired) electrons. The number of carbonyl (C=O) groups is 1. The summed E-state index contributed by atoms with van der Waals surface area (Å²) in [6, 6.07) is 2.20. The van der Waals surface area contributed by atoms with Crippen LogP contribution in [0.15, 0.2) is 6.07 Å². The standard InChI is InChI=1S/C14H21NO2S/c1-4-14(13(16)17)6-5-7-15(14)9-12-8-10(2)18-11(12)3/h8H,4-7,9H2,1-3H3,(H,16,17). The highest BCUT2D eigenvalue weighted by Gasteiger charge is 2.46. The molecule has 0 aliphatic carbocycles. The fraction of sp³-hybridized carbons (Fsp3) is 0.643. The Balaban J connectivity index is 2.22. The molecule has 18 heavy (non-hydrogen) atoms. The Labute approximate surface area is 112 Å². The van der Waals surface area contributed by atoms with E-state index in [-0.39, 0.29) is 0 Å². The van der Waals surface area contributed by atoms with Gasteiger partial charge in [-0.3, -0.25) is 9.69 Å². The normalized spacial score (nSPS) is 24.6. The zero-order valence-corrected chi connectivity index (χ0v) is 12.1. The van der Waals surface area contributed by atoms with E-state index in [4.69, 9.17) is 0 Å². The van der Waals surface area contributed by atoms with Crippen molar-refractivity contribution in [3.05, 3.63) is 21.4 Å². The minimum atomic E-state index is -0.660. The highest BCUT2D eigenvalue weighted by molar-refractivity contribution is 7.12. The van der Waals surface area contributed by atoms with Crippen molar-refractivity contribution in [3.63, 3.8) is 0 Å². The van der Waals surface area contributed by atoms with Crippen molar-refractivity contribution in [3.8, 4) is 0 Å². The van der Waals surface area contributed by atoms with Crippen LogP contribution in [-0.4, -0.2) is 28.1 Å². The molecule has 4 heteroatoms. The minimum absolute atomic E-state index is 0.637. The number of aryl methyl sites for hydroxylation is 2. The molecule has 1 atom stereocenters. The molecule has 0 aromatic carbocycles. The van der Waals surface area contributed by atoms with E-state index in [0.29, 0.717) is 6.42 Å². The molecular weight excluding hydrogens is 246 g/mol. The van der Waals surface area contributed by atoms with Crippen molar-refractivity contribution in [2.75, 3.05) is 6.54 Å². The number of aliphatic carboxylic acids is 1. The van der Waals surface area contributed by atoms with Crippen molar-refractivity contribution in [1.82, 2.24) is 4.90 Å². The number of hydrogen-bond donors (Lipinski definition) is 1. The summed E-state index contributed by atoms with van der Waals surface area (Å²) >= 11 is 1.79. The number of carboxylic acid groups (broad SMARTS) is 1. The molecule has 1 fully saturated rings. The lowest BCUT2D eigenvalue weighted by molar-refractivity contribution is -0.150. The van der Waals surface area contributed by atoms with E-state index in [0.717, 1.165) is 25.9 Å². The van der Waals surface area contributed by atoms with Gasteiger partial charge in [-0.15, -0.1) is 11.3 Å². The van der Waals surface area contributed by atoms with Crippen LogP contribution < -0.4 is 0 Å². The molecule has 2 rings (SSSR count). The number of rotatable bonds is 4. The summed E-state index contributed by atoms with van der Waals surface area (Å²) in [5.74, 6) is -0.660. The Morgan fingerprint density at radius 1 is 1.56 bits per heavy atom. The molecule has 0 saturated carbocycles. The number of thiophene rings is 1. The largest absolute Gasteiger partial charge is 0.480 e. The lowest BCUT2D eigenvalue weighted by Gasteiger charge is -2.33. The third-order valence-corrected chi connectivity index (χ3v) is 5.12. The van der Waals surface area contributed by atoms with Crippen molar-refractivity contribution in [2.24, 2.45) is 0 Å². The van der Waals surface area contributed by atoms with E-state index < -0.39 is 11.5 Å². The zero-order valence-electron chi connectivity index (χ0n) is 11.3. The molecule has 0 amide bonds. The summed E-state index contributed by atoms with van der Waals surface area (Å²) in [5, 5.41) is 9.55. The van der Waals surface area contributed by atoms with E-state index >= 15 is 0 Å². The Kier molecular flexibility index (Phi) is 3.78. The molecule has 1 unspecified atom stereocenters. The lowest BCUT2D eigenvalue weighted by atomic mass is 9.92. The molecule has 2 heterocycles. The third-order valence-electron chi connectivity index (χ3n) is 4.11. The van der Waals surface area contributed by atoms with Crippen LogP contribution in [0.5, 0.6) is 0 Å². The molecule has 1 aromatic rings. The van der Waals surface area contributed by atoms with Gasteiger partial charge in [0.2, 0.25) is 0 Å². The van der Waals surface area contributed by atoms with Gasteiger partial charge in [0.25, 0.3) is 0 Å². The zero-order chi connectivity index (χ0) is 13.3. The van der Waals surface area contributed by atoms with Crippen molar-refractivity contribution < 1.29 is 9.90 Å². The van der Waals surface area contributed by atoms with Gasteiger partial charge in [-0.25, -0.2) is 0 Å². The van der Waals surface area contributed by atoms with Crippen LogP contribution in [0.4, 0.5) is 0 Å². The van der Waals surface area contributed by atoms with Gasteiger partial charge in [-0.1, -0.05) is 6.92 Å². The molecular formula is C14H21NO2S. The molecule has 0 spiro atoms. The number of carboxylic acids is 1. The first-order valence-corrected chi connectivity index (χ1v) is 7.35. The maximum atomic E-state index is 11.6. The summed E-state index contributed by atoms with van der Waals surface area (Å²) < 4.78 is 0. The van der Waals surface area contributed by atoms with E-state index in [1.54, 1.807) is 11.3 Å². The van der Waals surface area contributed by atoms with Gasteiger partial charge in [0.15, 0.2) is 0 Å². The number of likely N-dealkylation sites (tertiary alicyclic amines) is 1. The average Bonchev–Trinajstić information content (AvgIpc) is 2.84. The van der Waals surface area contributed by atoms with Crippen LogP contribution in [0.25, 0.3) is 0 Å². The maximum absolute atomic E-state index is 11.6. The molecule has 1 N–H and O–H groups in total. The first-order chi connectivity index (χ1) is 8.49. The molecule has 1 aliphatic heterocycles. The Hall–Kier alpha value is -0.870. The Morgan fingerprint density at radius 2 is 2.28 bits per heavy atom. The first kappa shape index (κ1) is 13.6. The highest BCUT2D eigenvalue weighted by Crippen LogP contribution is 2.35. The van der Waals surface area contributed by atoms with Gasteiger partial charge in [-0.05, 0) is 51.3 Å². The predicted molar refractivity (Wildman–Crippen MR) is 74.1 cm³/mol. The van der Waals surface area contributed by atoms with E-state index in [2.05, 4.69) is 24.8 Å². The lowest BCUT2D eigenvalue weighted by Crippen LogP contribution is -2.49. The molecule has 100 valence electrons. The fourth-order valence-electron chi connectivity index (χ4n) is 3.00. The van der Waals surface area contributed by atoms with Crippen molar-refractivity contribution in [1.29, 1.82) is 0 Å². The van der Waals surface area contributed by atoms with Crippen LogP contribution in [-0.2, 0) is 11.3 Å². The second kappa shape index (κ2) is 5.02. The van der Waals surface area contributed by atoms with Crippen LogP contribution in [0, 0.1) is 13.8 Å². The van der Waals surface area contributed by atoms with Gasteiger partial charge in [0.05, 0.1) is 0 Å². The van der Waals surface area contributed by atoms with Crippen molar-refractivity contribution >= 4 is 17.3 Å². The summed E-state index contributed by atoms with van der Waals surface area (Å²) in [6.07, 6.45) is 2.45. The maximum Gasteiger partial charge on any atom is 0.324 e. The van der Waals surface area contributed by atoms with Crippen LogP contribution >= 0.6 is 11.3 Å². The smallest absolute Gasteiger partial charge is 0.324 e. The van der Waals surface area contributed by atoms with E-state index in [1.165, 1.54) is 15.3 Å². The van der Waals surface area contributed by atoms with Crippen LogP contribution in [0.2, 0.25) is 0 Å². The molecule has 1 aliphatic rings. The van der Waals surface area contributed by atoms with Crippen LogP contribution in [0.1, 0.15) is 41.5 Å². The summed E-state index contributed by atoms with van der Waals surface area (Å²) in [5.41, 5.74) is 0.654. The topological polar surface area (TPSA) is 40.5 Å². The van der Waals surface area contributed by atoms with E-state index in [9.17, 15) is 9.90 Å². The van der Waals surface area contributed by atoms with Crippen molar-refractivity contribution in [2.45, 2.75) is 52.1 Å². The molecule has 3 nitrogen and oxygen atoms in total. The van der Waals surface area contributed by atoms with Crippen LogP contribution in [0.3, 0.4) is 0 Å². The summed E-state index contributed by atoms with van der Waals surface area (Å²) in [4.78, 5) is 16.4. The number of hydrogen-bond acceptors (Lipinski definition) is 3. The second-order valence-corrected chi connectivity index (χ2v) is 6.61. The second-order valence-electron chi connectivity index (χ2n) is 5.15. The van der Waals surface area contributed by atoms with Gasteiger partial charge >= 0.3 is 5.97 Å². The van der Waals surface area contributed by atoms with Gasteiger partial charge < -0.3 is 5.11 Å². The third kappa shape index (κ3) is 2.19. The Morgan fingerprint density at radius 3 is 2.78 bits per heavy atom. The van der Waals surface area contributed by atoms with Gasteiger partial charge in [0, 0.05) is 16.3 Å². The van der Waals surface area contributed by atoms with Gasteiger partial charge in [0.1, 0.15) is 5.54 Å². The average molecular weight is 267 g/mol. The fourth-order valence-corrected chi connectivity index (χ4v) is 3.94. The highest BCUT2D eigenvalue weighted by atomic mass is 32.1. The molecule has 1 saturated heterocycles.